The van der Waals surface area contributed by atoms with Crippen LogP contribution in [0.25, 0.3) is 0 Å². The molecule has 0 radical (unpaired) electrons. The van der Waals surface area contributed by atoms with Crippen molar-refractivity contribution in [2.75, 3.05) is 0 Å². The topological polar surface area (TPSA) is 20.2 Å². The van der Waals surface area contributed by atoms with E-state index in [-0.39, 0.29) is 5.41 Å². The van der Waals surface area contributed by atoms with Gasteiger partial charge < -0.3 is 5.11 Å². The van der Waals surface area contributed by atoms with Gasteiger partial charge >= 0.3 is 0 Å². The van der Waals surface area contributed by atoms with Crippen LogP contribution in [0, 0.1) is 28.7 Å². The predicted molar refractivity (Wildman–Crippen MR) is 73.6 cm³/mol. The SMILES string of the molecule is CCC(C)(C#CC(C)(C)O)C#C[Si](C)(C)C. The molecular weight excluding hydrogens is 212 g/mol. The molecule has 90 valence electrons. The quantitative estimate of drug-likeness (QED) is 0.548. The van der Waals surface area contributed by atoms with Crippen molar-refractivity contribution in [2.24, 2.45) is 5.41 Å². The van der Waals surface area contributed by atoms with E-state index in [1.165, 1.54) is 0 Å². The lowest BCUT2D eigenvalue weighted by atomic mass is 9.89. The van der Waals surface area contributed by atoms with Crippen molar-refractivity contribution in [1.82, 2.24) is 0 Å². The van der Waals surface area contributed by atoms with Gasteiger partial charge in [0.1, 0.15) is 13.7 Å². The molecule has 16 heavy (non-hydrogen) atoms. The van der Waals surface area contributed by atoms with Crippen LogP contribution in [0.1, 0.15) is 34.1 Å². The first-order chi connectivity index (χ1) is 6.97. The summed E-state index contributed by atoms with van der Waals surface area (Å²) >= 11 is 0. The fourth-order valence-electron chi connectivity index (χ4n) is 0.824. The van der Waals surface area contributed by atoms with Gasteiger partial charge in [0.05, 0.1) is 5.41 Å². The Kier molecular flexibility index (Phi) is 4.86. The van der Waals surface area contributed by atoms with Crippen LogP contribution < -0.4 is 0 Å². The minimum absolute atomic E-state index is 0.291. The number of hydrogen-bond donors (Lipinski definition) is 1. The molecule has 0 saturated heterocycles. The van der Waals surface area contributed by atoms with Crippen LogP contribution in [0.15, 0.2) is 0 Å². The average molecular weight is 236 g/mol. The van der Waals surface area contributed by atoms with Crippen LogP contribution in [-0.4, -0.2) is 18.8 Å². The summed E-state index contributed by atoms with van der Waals surface area (Å²) in [7, 11) is -1.35. The molecule has 0 amide bonds. The highest BCUT2D eigenvalue weighted by molar-refractivity contribution is 6.83. The van der Waals surface area contributed by atoms with Crippen LogP contribution in [-0.2, 0) is 0 Å². The van der Waals surface area contributed by atoms with E-state index in [1.54, 1.807) is 13.8 Å². The standard InChI is InChI=1S/C14H24OSi/c1-8-14(4,10-9-13(2,3)15)11-12-16(5,6)7/h15H,8H2,1-7H3. The third kappa shape index (κ3) is 7.57. The zero-order valence-corrected chi connectivity index (χ0v) is 12.7. The summed E-state index contributed by atoms with van der Waals surface area (Å²) < 4.78 is 0. The van der Waals surface area contributed by atoms with Crippen molar-refractivity contribution in [3.05, 3.63) is 0 Å². The number of hydrogen-bond acceptors (Lipinski definition) is 1. The summed E-state index contributed by atoms with van der Waals surface area (Å²) in [6.07, 6.45) is 0.883. The van der Waals surface area contributed by atoms with Crippen LogP contribution in [0.4, 0.5) is 0 Å². The molecule has 0 saturated carbocycles. The summed E-state index contributed by atoms with van der Waals surface area (Å²) in [6.45, 7) is 14.2. The molecule has 1 nitrogen and oxygen atoms in total. The van der Waals surface area contributed by atoms with E-state index in [2.05, 4.69) is 49.9 Å². The maximum absolute atomic E-state index is 9.59. The lowest BCUT2D eigenvalue weighted by molar-refractivity contribution is 0.143. The normalized spacial score (nSPS) is 15.2. The zero-order valence-electron chi connectivity index (χ0n) is 11.7. The van der Waals surface area contributed by atoms with E-state index in [4.69, 9.17) is 0 Å². The van der Waals surface area contributed by atoms with Crippen LogP contribution >= 0.6 is 0 Å². The van der Waals surface area contributed by atoms with Gasteiger partial charge in [-0.1, -0.05) is 44.3 Å². The Bertz CT molecular complexity index is 315. The van der Waals surface area contributed by atoms with E-state index in [0.717, 1.165) is 6.42 Å². The van der Waals surface area contributed by atoms with E-state index in [1.807, 2.05) is 6.92 Å². The van der Waals surface area contributed by atoms with Crippen molar-refractivity contribution in [2.45, 2.75) is 59.4 Å². The molecule has 0 aliphatic heterocycles. The first-order valence-electron chi connectivity index (χ1n) is 5.78. The molecule has 1 atom stereocenters. The van der Waals surface area contributed by atoms with Gasteiger partial charge in [-0.15, -0.1) is 5.54 Å². The zero-order chi connectivity index (χ0) is 13.0. The Balaban J connectivity index is 5.05. The van der Waals surface area contributed by atoms with E-state index in [0.29, 0.717) is 0 Å². The lowest BCUT2D eigenvalue weighted by Gasteiger charge is -2.16. The molecule has 1 unspecified atom stereocenters. The molecular formula is C14H24OSi. The molecule has 0 rings (SSSR count). The van der Waals surface area contributed by atoms with E-state index in [9.17, 15) is 5.11 Å². The second-order valence-electron chi connectivity index (χ2n) is 5.99. The Morgan fingerprint density at radius 3 is 1.81 bits per heavy atom. The maximum Gasteiger partial charge on any atom is 0.129 e. The molecule has 0 bridgehead atoms. The smallest absolute Gasteiger partial charge is 0.129 e. The molecule has 0 aromatic heterocycles. The van der Waals surface area contributed by atoms with Crippen LogP contribution in [0.5, 0.6) is 0 Å². The minimum atomic E-state index is -1.35. The van der Waals surface area contributed by atoms with Crippen molar-refractivity contribution in [1.29, 1.82) is 0 Å². The monoisotopic (exact) mass is 236 g/mol. The average Bonchev–Trinajstić information content (AvgIpc) is 2.09. The summed E-state index contributed by atoms with van der Waals surface area (Å²) in [6, 6.07) is 0. The van der Waals surface area contributed by atoms with Gasteiger partial charge in [0.25, 0.3) is 0 Å². The van der Waals surface area contributed by atoms with Crippen molar-refractivity contribution < 1.29 is 5.11 Å². The summed E-state index contributed by atoms with van der Waals surface area (Å²) in [4.78, 5) is 0. The Labute approximate surface area is 102 Å². The van der Waals surface area contributed by atoms with Gasteiger partial charge in [-0.05, 0) is 27.2 Å². The first-order valence-corrected chi connectivity index (χ1v) is 9.28. The Morgan fingerprint density at radius 1 is 1.00 bits per heavy atom. The predicted octanol–water partition coefficient (Wildman–Crippen LogP) is 3.06. The van der Waals surface area contributed by atoms with Crippen molar-refractivity contribution >= 4 is 8.07 Å². The molecule has 0 aliphatic carbocycles. The Morgan fingerprint density at radius 2 is 1.50 bits per heavy atom. The fraction of sp³-hybridized carbons (Fsp3) is 0.714. The number of aliphatic hydroxyl groups is 1. The molecule has 0 aromatic rings. The van der Waals surface area contributed by atoms with Gasteiger partial charge in [0, 0.05) is 0 Å². The van der Waals surface area contributed by atoms with Gasteiger partial charge in [-0.25, -0.2) is 0 Å². The van der Waals surface area contributed by atoms with Crippen LogP contribution in [0.3, 0.4) is 0 Å². The van der Waals surface area contributed by atoms with Crippen LogP contribution in [0.2, 0.25) is 19.6 Å². The summed E-state index contributed by atoms with van der Waals surface area (Å²) in [5, 5.41) is 9.59. The van der Waals surface area contributed by atoms with Gasteiger partial charge in [0.15, 0.2) is 0 Å². The molecule has 0 aliphatic rings. The highest BCUT2D eigenvalue weighted by Gasteiger charge is 2.18. The molecule has 0 heterocycles. The maximum atomic E-state index is 9.59. The molecule has 0 fully saturated rings. The summed E-state index contributed by atoms with van der Waals surface area (Å²) in [5.41, 5.74) is 2.13. The summed E-state index contributed by atoms with van der Waals surface area (Å²) in [5.74, 6) is 9.26. The number of rotatable bonds is 1. The first kappa shape index (κ1) is 15.3. The molecule has 2 heteroatoms. The third-order valence-electron chi connectivity index (χ3n) is 2.06. The Hall–Kier alpha value is -0.703. The molecule has 0 aromatic carbocycles. The largest absolute Gasteiger partial charge is 0.378 e. The highest BCUT2D eigenvalue weighted by atomic mass is 28.3. The van der Waals surface area contributed by atoms with Gasteiger partial charge in [-0.2, -0.15) is 0 Å². The third-order valence-corrected chi connectivity index (χ3v) is 2.94. The lowest BCUT2D eigenvalue weighted by Crippen LogP contribution is -2.20. The second kappa shape index (κ2) is 5.08. The van der Waals surface area contributed by atoms with Gasteiger partial charge in [0.2, 0.25) is 0 Å². The van der Waals surface area contributed by atoms with Crippen molar-refractivity contribution in [3.8, 4) is 23.3 Å². The molecule has 1 N–H and O–H groups in total. The van der Waals surface area contributed by atoms with Gasteiger partial charge in [-0.3, -0.25) is 0 Å². The fourth-order valence-corrected chi connectivity index (χ4v) is 1.48. The second-order valence-corrected chi connectivity index (χ2v) is 10.7. The highest BCUT2D eigenvalue weighted by Crippen LogP contribution is 2.19. The van der Waals surface area contributed by atoms with Crippen molar-refractivity contribution in [3.63, 3.8) is 0 Å². The van der Waals surface area contributed by atoms with E-state index < -0.39 is 13.7 Å². The van der Waals surface area contributed by atoms with E-state index >= 15 is 0 Å². The minimum Gasteiger partial charge on any atom is -0.378 e. The molecule has 0 spiro atoms.